The molecule has 0 unspecified atom stereocenters. The Bertz CT molecular complexity index is 343. The molecule has 0 aliphatic heterocycles. The maximum Gasteiger partial charge on any atom is 0.239 e. The van der Waals surface area contributed by atoms with Gasteiger partial charge in [-0.1, -0.05) is 0 Å². The number of hydrogen-bond acceptors (Lipinski definition) is 3. The third-order valence-electron chi connectivity index (χ3n) is 2.52. The van der Waals surface area contributed by atoms with E-state index in [0.29, 0.717) is 12.6 Å². The van der Waals surface area contributed by atoms with Gasteiger partial charge in [0.1, 0.15) is 12.4 Å². The van der Waals surface area contributed by atoms with E-state index in [1.165, 1.54) is 12.8 Å². The summed E-state index contributed by atoms with van der Waals surface area (Å²) in [6.45, 7) is 1.09. The summed E-state index contributed by atoms with van der Waals surface area (Å²) < 4.78 is 1.87. The summed E-state index contributed by atoms with van der Waals surface area (Å²) >= 11 is 0. The smallest absolute Gasteiger partial charge is 0.239 e. The zero-order valence-corrected chi connectivity index (χ0v) is 8.86. The predicted molar refractivity (Wildman–Crippen MR) is 56.2 cm³/mol. The van der Waals surface area contributed by atoms with Crippen molar-refractivity contribution in [2.75, 3.05) is 7.05 Å². The molecular weight excluding hydrogens is 192 g/mol. The van der Waals surface area contributed by atoms with Crippen molar-refractivity contribution in [3.63, 3.8) is 0 Å². The largest absolute Gasteiger partial charge is 0.358 e. The van der Waals surface area contributed by atoms with Crippen LogP contribution >= 0.6 is 0 Å². The highest BCUT2D eigenvalue weighted by molar-refractivity contribution is 5.75. The van der Waals surface area contributed by atoms with Crippen LogP contribution in [0, 0.1) is 0 Å². The van der Waals surface area contributed by atoms with Gasteiger partial charge in [-0.05, 0) is 12.8 Å². The quantitative estimate of drug-likeness (QED) is 0.709. The van der Waals surface area contributed by atoms with Crippen molar-refractivity contribution in [2.45, 2.75) is 32.0 Å². The molecule has 1 aromatic rings. The Labute approximate surface area is 88.9 Å². The summed E-state index contributed by atoms with van der Waals surface area (Å²) in [5.41, 5.74) is 0. The van der Waals surface area contributed by atoms with E-state index in [0.717, 1.165) is 12.4 Å². The second-order valence-corrected chi connectivity index (χ2v) is 3.80. The Morgan fingerprint density at radius 2 is 2.47 bits per heavy atom. The first-order valence-corrected chi connectivity index (χ1v) is 5.23. The van der Waals surface area contributed by atoms with Crippen molar-refractivity contribution in [1.29, 1.82) is 0 Å². The number of likely N-dealkylation sites (N-methyl/N-ethyl adjacent to an activating group) is 1. The van der Waals surface area contributed by atoms with Crippen molar-refractivity contribution in [2.24, 2.45) is 0 Å². The van der Waals surface area contributed by atoms with Crippen LogP contribution in [0.25, 0.3) is 0 Å². The number of hydrogen-bond donors (Lipinski definition) is 2. The van der Waals surface area contributed by atoms with E-state index < -0.39 is 0 Å². The van der Waals surface area contributed by atoms with Crippen LogP contribution in [0.3, 0.4) is 0 Å². The molecule has 0 spiro atoms. The van der Waals surface area contributed by atoms with E-state index in [-0.39, 0.29) is 5.91 Å². The van der Waals surface area contributed by atoms with Crippen LogP contribution < -0.4 is 10.6 Å². The summed E-state index contributed by atoms with van der Waals surface area (Å²) in [6.07, 6.45) is 6.08. The molecule has 0 saturated heterocycles. The van der Waals surface area contributed by atoms with Gasteiger partial charge in [-0.15, -0.1) is 0 Å². The Morgan fingerprint density at radius 1 is 1.67 bits per heavy atom. The molecule has 2 rings (SSSR count). The molecule has 1 aromatic heterocycles. The lowest BCUT2D eigenvalue weighted by molar-refractivity contribution is -0.121. The highest BCUT2D eigenvalue weighted by Gasteiger charge is 2.20. The minimum Gasteiger partial charge on any atom is -0.358 e. The van der Waals surface area contributed by atoms with Crippen molar-refractivity contribution in [3.05, 3.63) is 18.2 Å². The van der Waals surface area contributed by atoms with E-state index in [2.05, 4.69) is 15.6 Å². The first-order valence-electron chi connectivity index (χ1n) is 5.23. The Morgan fingerprint density at radius 3 is 3.13 bits per heavy atom. The summed E-state index contributed by atoms with van der Waals surface area (Å²) in [7, 11) is 1.64. The molecule has 1 saturated carbocycles. The zero-order valence-electron chi connectivity index (χ0n) is 8.86. The van der Waals surface area contributed by atoms with Gasteiger partial charge in [-0.25, -0.2) is 4.98 Å². The molecule has 82 valence electrons. The normalized spacial score (nSPS) is 15.3. The number of amides is 1. The van der Waals surface area contributed by atoms with Crippen LogP contribution in [0.15, 0.2) is 12.4 Å². The van der Waals surface area contributed by atoms with E-state index in [4.69, 9.17) is 0 Å². The number of aromatic nitrogens is 2. The van der Waals surface area contributed by atoms with Gasteiger partial charge >= 0.3 is 0 Å². The van der Waals surface area contributed by atoms with E-state index in [1.54, 1.807) is 13.2 Å². The number of imidazole rings is 1. The van der Waals surface area contributed by atoms with Gasteiger partial charge in [-0.2, -0.15) is 0 Å². The Balaban J connectivity index is 1.91. The number of carbonyl (C=O) groups excluding carboxylic acids is 1. The molecule has 1 heterocycles. The highest BCUT2D eigenvalue weighted by Crippen LogP contribution is 2.18. The molecule has 0 aromatic carbocycles. The van der Waals surface area contributed by atoms with Crippen molar-refractivity contribution in [1.82, 2.24) is 20.2 Å². The maximum absolute atomic E-state index is 11.2. The maximum atomic E-state index is 11.2. The molecule has 0 radical (unpaired) electrons. The molecule has 5 nitrogen and oxygen atoms in total. The second-order valence-electron chi connectivity index (χ2n) is 3.80. The first kappa shape index (κ1) is 10.2. The molecule has 1 aliphatic carbocycles. The fourth-order valence-corrected chi connectivity index (χ4v) is 1.41. The SMILES string of the molecule is CNC(=O)Cn1ccnc1CNC1CC1. The summed E-state index contributed by atoms with van der Waals surface area (Å²) in [5, 5.41) is 5.98. The molecule has 15 heavy (non-hydrogen) atoms. The minimum absolute atomic E-state index is 0.000622. The van der Waals surface area contributed by atoms with Crippen molar-refractivity contribution >= 4 is 5.91 Å². The average Bonchev–Trinajstić information content (AvgIpc) is 2.97. The molecule has 1 amide bonds. The summed E-state index contributed by atoms with van der Waals surface area (Å²) in [5.74, 6) is 0.922. The van der Waals surface area contributed by atoms with Gasteiger partial charge in [0.25, 0.3) is 0 Å². The fourth-order valence-electron chi connectivity index (χ4n) is 1.41. The monoisotopic (exact) mass is 208 g/mol. The van der Waals surface area contributed by atoms with Crippen LogP contribution in [0.4, 0.5) is 0 Å². The molecular formula is C10H16N4O. The lowest BCUT2D eigenvalue weighted by Gasteiger charge is -2.07. The number of nitrogens with one attached hydrogen (secondary N) is 2. The number of rotatable bonds is 5. The molecule has 5 heteroatoms. The number of nitrogens with zero attached hydrogens (tertiary/aromatic N) is 2. The van der Waals surface area contributed by atoms with E-state index >= 15 is 0 Å². The van der Waals surface area contributed by atoms with E-state index in [1.807, 2.05) is 10.8 Å². The third-order valence-corrected chi connectivity index (χ3v) is 2.52. The molecule has 2 N–H and O–H groups in total. The van der Waals surface area contributed by atoms with E-state index in [9.17, 15) is 4.79 Å². The van der Waals surface area contributed by atoms with Crippen LogP contribution in [0.2, 0.25) is 0 Å². The Hall–Kier alpha value is -1.36. The van der Waals surface area contributed by atoms with Crippen LogP contribution in [0.1, 0.15) is 18.7 Å². The average molecular weight is 208 g/mol. The molecule has 1 fully saturated rings. The second kappa shape index (κ2) is 4.44. The summed E-state index contributed by atoms with van der Waals surface area (Å²) in [4.78, 5) is 15.4. The van der Waals surface area contributed by atoms with Crippen molar-refractivity contribution in [3.8, 4) is 0 Å². The lowest BCUT2D eigenvalue weighted by atomic mass is 10.5. The highest BCUT2D eigenvalue weighted by atomic mass is 16.1. The van der Waals surface area contributed by atoms with Crippen molar-refractivity contribution < 1.29 is 4.79 Å². The fraction of sp³-hybridized carbons (Fsp3) is 0.600. The van der Waals surface area contributed by atoms with Crippen LogP contribution in [-0.2, 0) is 17.9 Å². The van der Waals surface area contributed by atoms with Crippen LogP contribution in [0.5, 0.6) is 0 Å². The summed E-state index contributed by atoms with van der Waals surface area (Å²) in [6, 6.07) is 0.662. The zero-order chi connectivity index (χ0) is 10.7. The topological polar surface area (TPSA) is 59.0 Å². The van der Waals surface area contributed by atoms with Gasteiger partial charge in [0.15, 0.2) is 0 Å². The van der Waals surface area contributed by atoms with Crippen LogP contribution in [-0.4, -0.2) is 28.5 Å². The standard InChI is InChI=1S/C10H16N4O/c1-11-10(15)7-14-5-4-12-9(14)6-13-8-2-3-8/h4-5,8,13H,2-3,6-7H2,1H3,(H,11,15). The molecule has 1 aliphatic rings. The first-order chi connectivity index (χ1) is 7.29. The van der Waals surface area contributed by atoms with Gasteiger partial charge in [0.05, 0.1) is 6.54 Å². The van der Waals surface area contributed by atoms with Gasteiger partial charge in [0, 0.05) is 25.5 Å². The molecule has 0 bridgehead atoms. The third kappa shape index (κ3) is 2.79. The minimum atomic E-state index is 0.000622. The Kier molecular flexibility index (Phi) is 3.01. The van der Waals surface area contributed by atoms with Gasteiger partial charge in [-0.3, -0.25) is 4.79 Å². The van der Waals surface area contributed by atoms with Gasteiger partial charge in [0.2, 0.25) is 5.91 Å². The molecule has 0 atom stereocenters. The van der Waals surface area contributed by atoms with Gasteiger partial charge < -0.3 is 15.2 Å². The number of carbonyl (C=O) groups is 1. The predicted octanol–water partition coefficient (Wildman–Crippen LogP) is -0.119. The lowest BCUT2D eigenvalue weighted by Crippen LogP contribution is -2.26.